The molecule has 30 heavy (non-hydrogen) atoms. The van der Waals surface area contributed by atoms with Crippen LogP contribution >= 0.6 is 23.4 Å². The van der Waals surface area contributed by atoms with Crippen LogP contribution in [-0.2, 0) is 11.0 Å². The minimum Gasteiger partial charge on any atom is -0.411 e. The van der Waals surface area contributed by atoms with Crippen molar-refractivity contribution < 1.29 is 27.3 Å². The maximum absolute atomic E-state index is 12.9. The highest BCUT2D eigenvalue weighted by molar-refractivity contribution is 7.99. The average Bonchev–Trinajstić information content (AvgIpc) is 3.16. The van der Waals surface area contributed by atoms with E-state index in [1.165, 1.54) is 24.3 Å². The van der Waals surface area contributed by atoms with Gasteiger partial charge in [0.05, 0.1) is 21.3 Å². The number of alkyl halides is 3. The normalized spacial score (nSPS) is 11.3. The third-order valence-corrected chi connectivity index (χ3v) is 4.74. The predicted molar refractivity (Wildman–Crippen MR) is 102 cm³/mol. The van der Waals surface area contributed by atoms with E-state index in [9.17, 15) is 28.1 Å². The number of halogens is 4. The molecule has 0 aliphatic rings. The molecule has 0 aliphatic heterocycles. The second-order valence-corrected chi connectivity index (χ2v) is 7.04. The molecule has 2 aromatic carbocycles. The number of amides is 1. The molecule has 0 radical (unpaired) electrons. The predicted octanol–water partition coefficient (Wildman–Crippen LogP) is 5.05. The molecule has 0 fully saturated rings. The van der Waals surface area contributed by atoms with Crippen molar-refractivity contribution in [3.8, 4) is 11.5 Å². The number of thioether (sulfide) groups is 1. The molecule has 156 valence electrons. The van der Waals surface area contributed by atoms with E-state index in [2.05, 4.69) is 15.5 Å². The van der Waals surface area contributed by atoms with Crippen molar-refractivity contribution in [2.75, 3.05) is 11.1 Å². The first-order valence-electron chi connectivity index (χ1n) is 8.01. The van der Waals surface area contributed by atoms with Crippen LogP contribution in [0.1, 0.15) is 5.56 Å². The molecule has 0 unspecified atom stereocenters. The van der Waals surface area contributed by atoms with Gasteiger partial charge in [-0.3, -0.25) is 14.9 Å². The number of hydrogen-bond acceptors (Lipinski definition) is 7. The summed E-state index contributed by atoms with van der Waals surface area (Å²) in [7, 11) is 0. The number of nitrogens with zero attached hydrogens (tertiary/aromatic N) is 3. The van der Waals surface area contributed by atoms with E-state index in [0.717, 1.165) is 23.9 Å². The Hall–Kier alpha value is -3.12. The molecule has 1 aromatic heterocycles. The summed E-state index contributed by atoms with van der Waals surface area (Å²) >= 11 is 6.39. The quantitative estimate of drug-likeness (QED) is 0.312. The standard InChI is InChI=1S/C17H10ClF3N4O4S/c18-13-5-4-10(7-12(13)17(19,20)21)22-14(26)8-30-16-24-23-15(29-16)9-2-1-3-11(6-9)25(27)28/h1-7H,8H2,(H,22,26). The van der Waals surface area contributed by atoms with Crippen molar-refractivity contribution in [1.82, 2.24) is 10.2 Å². The molecule has 0 saturated carbocycles. The number of non-ortho nitro benzene ring substituents is 1. The van der Waals surface area contributed by atoms with E-state index < -0.39 is 27.6 Å². The fourth-order valence-electron chi connectivity index (χ4n) is 2.28. The van der Waals surface area contributed by atoms with Crippen LogP contribution in [0.15, 0.2) is 52.1 Å². The van der Waals surface area contributed by atoms with Gasteiger partial charge in [-0.25, -0.2) is 0 Å². The summed E-state index contributed by atoms with van der Waals surface area (Å²) in [5.74, 6) is -0.805. The first-order valence-corrected chi connectivity index (χ1v) is 9.37. The van der Waals surface area contributed by atoms with E-state index in [1.54, 1.807) is 6.07 Å². The number of benzene rings is 2. The summed E-state index contributed by atoms with van der Waals surface area (Å²) in [6, 6.07) is 8.58. The molecule has 0 spiro atoms. The molecule has 0 saturated heterocycles. The van der Waals surface area contributed by atoms with Gasteiger partial charge >= 0.3 is 6.18 Å². The van der Waals surface area contributed by atoms with E-state index in [-0.39, 0.29) is 28.2 Å². The summed E-state index contributed by atoms with van der Waals surface area (Å²) in [5.41, 5.74) is -0.956. The van der Waals surface area contributed by atoms with Crippen molar-refractivity contribution in [3.05, 3.63) is 63.2 Å². The number of rotatable bonds is 6. The first kappa shape index (κ1) is 21.6. The highest BCUT2D eigenvalue weighted by atomic mass is 35.5. The largest absolute Gasteiger partial charge is 0.417 e. The van der Waals surface area contributed by atoms with Gasteiger partial charge in [0.25, 0.3) is 10.9 Å². The second-order valence-electron chi connectivity index (χ2n) is 5.71. The number of nitro benzene ring substituents is 1. The Labute approximate surface area is 175 Å². The van der Waals surface area contributed by atoms with Gasteiger partial charge in [0.1, 0.15) is 0 Å². The van der Waals surface area contributed by atoms with Gasteiger partial charge in [-0.1, -0.05) is 29.4 Å². The number of nitrogens with one attached hydrogen (secondary N) is 1. The van der Waals surface area contributed by atoms with Crippen LogP contribution in [-0.4, -0.2) is 26.8 Å². The minimum atomic E-state index is -4.65. The zero-order valence-corrected chi connectivity index (χ0v) is 16.2. The smallest absolute Gasteiger partial charge is 0.411 e. The van der Waals surface area contributed by atoms with E-state index in [0.29, 0.717) is 5.56 Å². The molecule has 0 atom stereocenters. The molecule has 1 amide bonds. The lowest BCUT2D eigenvalue weighted by atomic mass is 10.2. The van der Waals surface area contributed by atoms with Gasteiger partial charge in [-0.05, 0) is 24.3 Å². The third-order valence-electron chi connectivity index (χ3n) is 3.59. The Morgan fingerprint density at radius 2 is 2.00 bits per heavy atom. The molecule has 1 heterocycles. The second kappa shape index (κ2) is 8.71. The van der Waals surface area contributed by atoms with Crippen molar-refractivity contribution in [1.29, 1.82) is 0 Å². The number of carbonyl (C=O) groups excluding carboxylic acids is 1. The molecular weight excluding hydrogens is 449 g/mol. The van der Waals surface area contributed by atoms with Crippen molar-refractivity contribution >= 4 is 40.6 Å². The van der Waals surface area contributed by atoms with Crippen LogP contribution in [0.25, 0.3) is 11.5 Å². The lowest BCUT2D eigenvalue weighted by Gasteiger charge is -2.11. The highest BCUT2D eigenvalue weighted by Crippen LogP contribution is 2.36. The zero-order chi connectivity index (χ0) is 21.9. The van der Waals surface area contributed by atoms with Gasteiger partial charge in [0.15, 0.2) is 0 Å². The van der Waals surface area contributed by atoms with Crippen LogP contribution < -0.4 is 5.32 Å². The van der Waals surface area contributed by atoms with Crippen LogP contribution in [0.2, 0.25) is 5.02 Å². The summed E-state index contributed by atoms with van der Waals surface area (Å²) in [6.07, 6.45) is -4.65. The van der Waals surface area contributed by atoms with Gasteiger partial charge in [-0.2, -0.15) is 13.2 Å². The maximum atomic E-state index is 12.9. The minimum absolute atomic E-state index is 0.0127. The van der Waals surface area contributed by atoms with Crippen LogP contribution in [0, 0.1) is 10.1 Å². The topological polar surface area (TPSA) is 111 Å². The summed E-state index contributed by atoms with van der Waals surface area (Å²) < 4.78 is 44.0. The molecule has 3 aromatic rings. The van der Waals surface area contributed by atoms with Crippen molar-refractivity contribution in [3.63, 3.8) is 0 Å². The summed E-state index contributed by atoms with van der Waals surface area (Å²) in [4.78, 5) is 22.3. The molecule has 0 bridgehead atoms. The Morgan fingerprint density at radius 1 is 1.23 bits per heavy atom. The Morgan fingerprint density at radius 3 is 2.70 bits per heavy atom. The first-order chi connectivity index (χ1) is 14.1. The van der Waals surface area contributed by atoms with E-state index >= 15 is 0 Å². The zero-order valence-electron chi connectivity index (χ0n) is 14.6. The lowest BCUT2D eigenvalue weighted by molar-refractivity contribution is -0.384. The molecule has 13 heteroatoms. The summed E-state index contributed by atoms with van der Waals surface area (Å²) in [5, 5.41) is 20.2. The lowest BCUT2D eigenvalue weighted by Crippen LogP contribution is -2.15. The number of aromatic nitrogens is 2. The average molecular weight is 459 g/mol. The Balaban J connectivity index is 1.62. The molecular formula is C17H10ClF3N4O4S. The van der Waals surface area contributed by atoms with Crippen molar-refractivity contribution in [2.24, 2.45) is 0 Å². The Kier molecular flexibility index (Phi) is 6.27. The number of anilines is 1. The number of carbonyl (C=O) groups is 1. The number of nitro groups is 1. The highest BCUT2D eigenvalue weighted by Gasteiger charge is 2.33. The number of hydrogen-bond donors (Lipinski definition) is 1. The summed E-state index contributed by atoms with van der Waals surface area (Å²) in [6.45, 7) is 0. The fraction of sp³-hybridized carbons (Fsp3) is 0.118. The van der Waals surface area contributed by atoms with Gasteiger partial charge in [0, 0.05) is 23.4 Å². The van der Waals surface area contributed by atoms with Crippen molar-refractivity contribution in [2.45, 2.75) is 11.4 Å². The monoisotopic (exact) mass is 458 g/mol. The van der Waals surface area contributed by atoms with E-state index in [4.69, 9.17) is 16.0 Å². The Bertz CT molecular complexity index is 1110. The fourth-order valence-corrected chi connectivity index (χ4v) is 3.07. The van der Waals surface area contributed by atoms with Crippen LogP contribution in [0.4, 0.5) is 24.5 Å². The van der Waals surface area contributed by atoms with Crippen LogP contribution in [0.5, 0.6) is 0 Å². The molecule has 0 aliphatic carbocycles. The molecule has 3 rings (SSSR count). The van der Waals surface area contributed by atoms with Gasteiger partial charge < -0.3 is 9.73 Å². The van der Waals surface area contributed by atoms with Gasteiger partial charge in [-0.15, -0.1) is 10.2 Å². The van der Waals surface area contributed by atoms with Crippen LogP contribution in [0.3, 0.4) is 0 Å². The van der Waals surface area contributed by atoms with Gasteiger partial charge in [0.2, 0.25) is 11.8 Å². The molecule has 1 N–H and O–H groups in total. The maximum Gasteiger partial charge on any atom is 0.417 e. The third kappa shape index (κ3) is 5.27. The SMILES string of the molecule is O=C(CSc1nnc(-c2cccc([N+](=O)[O-])c2)o1)Nc1ccc(Cl)c(C(F)(F)F)c1. The molecule has 8 nitrogen and oxygen atoms in total. The van der Waals surface area contributed by atoms with E-state index in [1.807, 2.05) is 0 Å².